The Morgan fingerprint density at radius 3 is 2.65 bits per heavy atom. The van der Waals surface area contributed by atoms with E-state index in [4.69, 9.17) is 0 Å². The lowest BCUT2D eigenvalue weighted by Crippen LogP contribution is -2.35. The fourth-order valence-corrected chi connectivity index (χ4v) is 3.77. The third-order valence-corrected chi connectivity index (χ3v) is 5.13. The van der Waals surface area contributed by atoms with E-state index in [-0.39, 0.29) is 0 Å². The van der Waals surface area contributed by atoms with Crippen LogP contribution in [0.25, 0.3) is 0 Å². The van der Waals surface area contributed by atoms with Crippen LogP contribution in [0.1, 0.15) is 24.0 Å². The quantitative estimate of drug-likeness (QED) is 0.840. The molecule has 1 fully saturated rings. The Balaban J connectivity index is 1.47. The van der Waals surface area contributed by atoms with Gasteiger partial charge in [-0.15, -0.1) is 0 Å². The second kappa shape index (κ2) is 8.27. The number of benzene rings is 1. The topological polar surface area (TPSA) is 23.6 Å². The summed E-state index contributed by atoms with van der Waals surface area (Å²) in [6, 6.07) is 12.7. The van der Waals surface area contributed by atoms with Crippen molar-refractivity contribution in [3.63, 3.8) is 0 Å². The molecule has 0 bridgehead atoms. The number of carbonyl (C=O) groups excluding carboxylic acids is 1. The Bertz CT molecular complexity index is 597. The highest BCUT2D eigenvalue weighted by Crippen LogP contribution is 2.12. The second-order valence-corrected chi connectivity index (χ2v) is 6.91. The van der Waals surface area contributed by atoms with Crippen LogP contribution < -0.4 is 0 Å². The number of aryl methyl sites for hydroxylation is 1. The minimum atomic E-state index is 0.303. The van der Waals surface area contributed by atoms with E-state index in [1.807, 2.05) is 0 Å². The van der Waals surface area contributed by atoms with Crippen molar-refractivity contribution in [1.82, 2.24) is 9.80 Å². The molecule has 1 aromatic carbocycles. The summed E-state index contributed by atoms with van der Waals surface area (Å²) < 4.78 is 0. The van der Waals surface area contributed by atoms with Gasteiger partial charge in [-0.05, 0) is 40.8 Å². The van der Waals surface area contributed by atoms with Crippen LogP contribution in [0.4, 0.5) is 0 Å². The monoisotopic (exact) mass is 328 g/mol. The summed E-state index contributed by atoms with van der Waals surface area (Å²) in [4.78, 5) is 16.9. The maximum atomic E-state index is 12.4. The molecule has 1 saturated heterocycles. The zero-order valence-electron chi connectivity index (χ0n) is 13.5. The van der Waals surface area contributed by atoms with E-state index in [0.717, 1.165) is 45.6 Å². The van der Waals surface area contributed by atoms with Gasteiger partial charge in [0.2, 0.25) is 5.91 Å². The van der Waals surface area contributed by atoms with Crippen molar-refractivity contribution >= 4 is 17.2 Å². The molecule has 0 atom stereocenters. The van der Waals surface area contributed by atoms with E-state index in [1.165, 1.54) is 11.1 Å². The minimum absolute atomic E-state index is 0.303. The molecule has 0 aliphatic carbocycles. The lowest BCUT2D eigenvalue weighted by Gasteiger charge is -2.22. The molecule has 1 aliphatic heterocycles. The first-order chi connectivity index (χ1) is 11.3. The van der Waals surface area contributed by atoms with Crippen LogP contribution in [-0.4, -0.2) is 41.9 Å². The molecule has 2 aromatic rings. The molecule has 0 spiro atoms. The van der Waals surface area contributed by atoms with Gasteiger partial charge in [0.25, 0.3) is 0 Å². The molecule has 3 rings (SSSR count). The number of hydrogen-bond donors (Lipinski definition) is 0. The normalized spacial score (nSPS) is 16.3. The van der Waals surface area contributed by atoms with Gasteiger partial charge in [0, 0.05) is 39.1 Å². The van der Waals surface area contributed by atoms with Gasteiger partial charge in [-0.25, -0.2) is 0 Å². The van der Waals surface area contributed by atoms with Crippen molar-refractivity contribution in [3.05, 3.63) is 58.3 Å². The predicted molar refractivity (Wildman–Crippen MR) is 95.6 cm³/mol. The third kappa shape index (κ3) is 4.91. The molecule has 0 unspecified atom stereocenters. The SMILES string of the molecule is O=C(CCc1ccsc1)N1CCCN(Cc2ccccc2)CC1. The maximum absolute atomic E-state index is 12.4. The Kier molecular flexibility index (Phi) is 5.83. The molecule has 122 valence electrons. The van der Waals surface area contributed by atoms with Crippen molar-refractivity contribution < 1.29 is 4.79 Å². The van der Waals surface area contributed by atoms with E-state index in [0.29, 0.717) is 12.3 Å². The fourth-order valence-electron chi connectivity index (χ4n) is 3.06. The Labute approximate surface area is 142 Å². The molecule has 1 aromatic heterocycles. The summed E-state index contributed by atoms with van der Waals surface area (Å²) in [5.41, 5.74) is 2.63. The van der Waals surface area contributed by atoms with E-state index in [1.54, 1.807) is 11.3 Å². The first-order valence-corrected chi connectivity index (χ1v) is 9.31. The maximum Gasteiger partial charge on any atom is 0.222 e. The summed E-state index contributed by atoms with van der Waals surface area (Å²) in [6.07, 6.45) is 2.57. The highest BCUT2D eigenvalue weighted by atomic mass is 32.1. The average Bonchev–Trinajstić information content (AvgIpc) is 2.99. The van der Waals surface area contributed by atoms with E-state index >= 15 is 0 Å². The molecule has 1 amide bonds. The molecule has 23 heavy (non-hydrogen) atoms. The average molecular weight is 328 g/mol. The van der Waals surface area contributed by atoms with Crippen LogP contribution in [0.3, 0.4) is 0 Å². The van der Waals surface area contributed by atoms with Gasteiger partial charge in [0.1, 0.15) is 0 Å². The number of rotatable bonds is 5. The van der Waals surface area contributed by atoms with Crippen molar-refractivity contribution in [2.45, 2.75) is 25.8 Å². The van der Waals surface area contributed by atoms with Gasteiger partial charge < -0.3 is 4.90 Å². The highest BCUT2D eigenvalue weighted by Gasteiger charge is 2.18. The summed E-state index contributed by atoms with van der Waals surface area (Å²) in [6.45, 7) is 4.78. The lowest BCUT2D eigenvalue weighted by molar-refractivity contribution is -0.131. The van der Waals surface area contributed by atoms with Crippen LogP contribution in [0, 0.1) is 0 Å². The van der Waals surface area contributed by atoms with Gasteiger partial charge in [-0.3, -0.25) is 9.69 Å². The van der Waals surface area contributed by atoms with Crippen LogP contribution in [-0.2, 0) is 17.8 Å². The molecule has 1 aliphatic rings. The van der Waals surface area contributed by atoms with Crippen LogP contribution >= 0.6 is 11.3 Å². The number of thiophene rings is 1. The lowest BCUT2D eigenvalue weighted by atomic mass is 10.2. The first kappa shape index (κ1) is 16.2. The number of nitrogens with zero attached hydrogens (tertiary/aromatic N) is 2. The van der Waals surface area contributed by atoms with Crippen molar-refractivity contribution in [1.29, 1.82) is 0 Å². The Morgan fingerprint density at radius 1 is 1.00 bits per heavy atom. The van der Waals surface area contributed by atoms with E-state index < -0.39 is 0 Å². The second-order valence-electron chi connectivity index (χ2n) is 6.13. The molecule has 4 heteroatoms. The van der Waals surface area contributed by atoms with Crippen molar-refractivity contribution in [3.8, 4) is 0 Å². The van der Waals surface area contributed by atoms with Gasteiger partial charge in [-0.2, -0.15) is 11.3 Å². The largest absolute Gasteiger partial charge is 0.341 e. The van der Waals surface area contributed by atoms with Crippen molar-refractivity contribution in [2.75, 3.05) is 26.2 Å². The molecule has 0 radical (unpaired) electrons. The minimum Gasteiger partial charge on any atom is -0.341 e. The molecular formula is C19H24N2OS. The standard InChI is InChI=1S/C19H24N2OS/c22-19(8-7-18-9-14-23-16-18)21-11-4-10-20(12-13-21)15-17-5-2-1-3-6-17/h1-3,5-6,9,14,16H,4,7-8,10-13,15H2. The summed E-state index contributed by atoms with van der Waals surface area (Å²) >= 11 is 1.70. The van der Waals surface area contributed by atoms with Crippen LogP contribution in [0.5, 0.6) is 0 Å². The zero-order valence-corrected chi connectivity index (χ0v) is 14.3. The zero-order chi connectivity index (χ0) is 15.9. The van der Waals surface area contributed by atoms with E-state index in [9.17, 15) is 4.79 Å². The van der Waals surface area contributed by atoms with Gasteiger partial charge in [0.15, 0.2) is 0 Å². The molecule has 3 nitrogen and oxygen atoms in total. The summed E-state index contributed by atoms with van der Waals surface area (Å²) in [5.74, 6) is 0.303. The molecular weight excluding hydrogens is 304 g/mol. The summed E-state index contributed by atoms with van der Waals surface area (Å²) in [5, 5.41) is 4.21. The molecule has 0 saturated carbocycles. The number of hydrogen-bond acceptors (Lipinski definition) is 3. The fraction of sp³-hybridized carbons (Fsp3) is 0.421. The smallest absolute Gasteiger partial charge is 0.222 e. The van der Waals surface area contributed by atoms with Gasteiger partial charge in [0.05, 0.1) is 0 Å². The predicted octanol–water partition coefficient (Wildman–Crippen LogP) is 3.42. The van der Waals surface area contributed by atoms with E-state index in [2.05, 4.69) is 57.0 Å². The summed E-state index contributed by atoms with van der Waals surface area (Å²) in [7, 11) is 0. The Hall–Kier alpha value is -1.65. The molecule has 2 heterocycles. The highest BCUT2D eigenvalue weighted by molar-refractivity contribution is 7.07. The first-order valence-electron chi connectivity index (χ1n) is 8.36. The van der Waals surface area contributed by atoms with Crippen LogP contribution in [0.15, 0.2) is 47.2 Å². The van der Waals surface area contributed by atoms with Crippen LogP contribution in [0.2, 0.25) is 0 Å². The van der Waals surface area contributed by atoms with Gasteiger partial charge in [-0.1, -0.05) is 30.3 Å². The van der Waals surface area contributed by atoms with Crippen molar-refractivity contribution in [2.24, 2.45) is 0 Å². The molecule has 0 N–H and O–H groups in total. The number of amides is 1. The number of carbonyl (C=O) groups is 1. The Morgan fingerprint density at radius 2 is 1.87 bits per heavy atom. The third-order valence-electron chi connectivity index (χ3n) is 4.40. The van der Waals surface area contributed by atoms with Gasteiger partial charge >= 0.3 is 0 Å².